The largest absolute Gasteiger partial charge is 0.439 e. The minimum absolute atomic E-state index is 0.296. The van der Waals surface area contributed by atoms with E-state index < -0.39 is 5.97 Å². The summed E-state index contributed by atoms with van der Waals surface area (Å²) in [6, 6.07) is 20.6. The number of halogens is 1. The maximum Gasteiger partial charge on any atom is 0.340 e. The van der Waals surface area contributed by atoms with Gasteiger partial charge < -0.3 is 4.74 Å². The Bertz CT molecular complexity index is 1760. The zero-order chi connectivity index (χ0) is 25.4. The molecule has 0 bridgehead atoms. The van der Waals surface area contributed by atoms with Gasteiger partial charge in [0.05, 0.1) is 22.2 Å². The summed E-state index contributed by atoms with van der Waals surface area (Å²) in [4.78, 5) is 31.2. The normalized spacial score (nSPS) is 14.1. The third-order valence-corrected chi connectivity index (χ3v) is 6.53. The van der Waals surface area contributed by atoms with Crippen LogP contribution in [0.2, 0.25) is 0 Å². The average Bonchev–Trinajstić information content (AvgIpc) is 2.93. The van der Waals surface area contributed by atoms with Crippen molar-refractivity contribution in [1.29, 1.82) is 0 Å². The second-order valence-electron chi connectivity index (χ2n) is 8.88. The van der Waals surface area contributed by atoms with Crippen molar-refractivity contribution in [2.75, 3.05) is 0 Å². The number of esters is 1. The standard InChI is InChI=1S/C29H21FN4O3/c30-20-14-12-18(13-15-20)16-19-6-5-9-23-26(21-7-1-3-10-24(21)31-27(19)23)29(36)37-17-34-28(35)22-8-2-4-11-25(22)32-33-34/h1-4,7-8,10-16H,5-6,9,17H2. The molecule has 7 nitrogen and oxygen atoms in total. The predicted molar refractivity (Wildman–Crippen MR) is 138 cm³/mol. The van der Waals surface area contributed by atoms with Crippen LogP contribution < -0.4 is 5.56 Å². The Morgan fingerprint density at radius 1 is 0.946 bits per heavy atom. The minimum Gasteiger partial charge on any atom is -0.439 e. The molecule has 2 heterocycles. The molecule has 0 radical (unpaired) electrons. The van der Waals surface area contributed by atoms with Gasteiger partial charge in [-0.05, 0) is 72.4 Å². The minimum atomic E-state index is -0.556. The van der Waals surface area contributed by atoms with E-state index in [9.17, 15) is 14.0 Å². The fraction of sp³-hybridized carbons (Fsp3) is 0.138. The van der Waals surface area contributed by atoms with Crippen molar-refractivity contribution in [1.82, 2.24) is 20.0 Å². The molecule has 0 N–H and O–H groups in total. The van der Waals surface area contributed by atoms with E-state index >= 15 is 0 Å². The molecular formula is C29H21FN4O3. The Morgan fingerprint density at radius 2 is 1.68 bits per heavy atom. The molecule has 6 rings (SSSR count). The Hall–Kier alpha value is -4.72. The van der Waals surface area contributed by atoms with E-state index in [1.165, 1.54) is 12.1 Å². The molecule has 0 atom stereocenters. The summed E-state index contributed by atoms with van der Waals surface area (Å²) in [5, 5.41) is 9.05. The molecule has 0 unspecified atom stereocenters. The number of allylic oxidation sites excluding steroid dienone is 1. The van der Waals surface area contributed by atoms with Crippen LogP contribution in [-0.4, -0.2) is 25.9 Å². The lowest BCUT2D eigenvalue weighted by Crippen LogP contribution is -2.27. The van der Waals surface area contributed by atoms with E-state index in [1.54, 1.807) is 36.4 Å². The Kier molecular flexibility index (Phi) is 5.76. The van der Waals surface area contributed by atoms with Gasteiger partial charge in [-0.15, -0.1) is 5.10 Å². The average molecular weight is 493 g/mol. The Balaban J connectivity index is 1.40. The van der Waals surface area contributed by atoms with Crippen molar-refractivity contribution in [2.24, 2.45) is 0 Å². The van der Waals surface area contributed by atoms with E-state index in [1.807, 2.05) is 30.3 Å². The first-order chi connectivity index (χ1) is 18.1. The maximum atomic E-state index is 13.5. The smallest absolute Gasteiger partial charge is 0.340 e. The number of nitrogens with zero attached hydrogens (tertiary/aromatic N) is 4. The molecule has 1 aliphatic carbocycles. The first-order valence-corrected chi connectivity index (χ1v) is 12.0. The molecule has 0 aliphatic heterocycles. The number of hydrogen-bond acceptors (Lipinski definition) is 6. The van der Waals surface area contributed by atoms with Crippen molar-refractivity contribution in [3.8, 4) is 0 Å². The van der Waals surface area contributed by atoms with Crippen LogP contribution in [0.5, 0.6) is 0 Å². The van der Waals surface area contributed by atoms with Gasteiger partial charge in [0.25, 0.3) is 5.56 Å². The molecule has 0 amide bonds. The van der Waals surface area contributed by atoms with Crippen LogP contribution in [0.25, 0.3) is 33.5 Å². The third-order valence-electron chi connectivity index (χ3n) is 6.53. The van der Waals surface area contributed by atoms with Crippen LogP contribution in [0.3, 0.4) is 0 Å². The van der Waals surface area contributed by atoms with Crippen molar-refractivity contribution >= 4 is 39.4 Å². The first kappa shape index (κ1) is 22.7. The highest BCUT2D eigenvalue weighted by Crippen LogP contribution is 2.36. The highest BCUT2D eigenvalue weighted by Gasteiger charge is 2.26. The quantitative estimate of drug-likeness (QED) is 0.322. The zero-order valence-electron chi connectivity index (χ0n) is 19.7. The Morgan fingerprint density at radius 3 is 2.49 bits per heavy atom. The molecule has 1 aliphatic rings. The summed E-state index contributed by atoms with van der Waals surface area (Å²) < 4.78 is 20.1. The zero-order valence-corrected chi connectivity index (χ0v) is 19.7. The van der Waals surface area contributed by atoms with Crippen LogP contribution in [-0.2, 0) is 17.9 Å². The number of aromatic nitrogens is 4. The van der Waals surface area contributed by atoms with Crippen LogP contribution in [0.15, 0.2) is 77.6 Å². The molecule has 0 saturated carbocycles. The van der Waals surface area contributed by atoms with E-state index in [0.29, 0.717) is 33.8 Å². The van der Waals surface area contributed by atoms with Crippen LogP contribution in [0, 0.1) is 5.82 Å². The van der Waals surface area contributed by atoms with Crippen LogP contribution in [0.1, 0.15) is 40.0 Å². The summed E-state index contributed by atoms with van der Waals surface area (Å²) in [5.41, 5.74) is 4.58. The molecule has 37 heavy (non-hydrogen) atoms. The van der Waals surface area contributed by atoms with Crippen molar-refractivity contribution < 1.29 is 13.9 Å². The van der Waals surface area contributed by atoms with E-state index in [0.717, 1.165) is 39.9 Å². The number of fused-ring (bicyclic) bond motifs is 3. The number of para-hydroxylation sites is 1. The Labute approximate surface area is 210 Å². The van der Waals surface area contributed by atoms with Gasteiger partial charge in [-0.25, -0.2) is 14.2 Å². The van der Waals surface area contributed by atoms with Gasteiger partial charge in [0.1, 0.15) is 11.3 Å². The molecule has 5 aromatic rings. The fourth-order valence-corrected chi connectivity index (χ4v) is 4.77. The lowest BCUT2D eigenvalue weighted by Gasteiger charge is -2.22. The number of benzene rings is 3. The maximum absolute atomic E-state index is 13.5. The summed E-state index contributed by atoms with van der Waals surface area (Å²) in [6.07, 6.45) is 4.26. The molecule has 182 valence electrons. The molecule has 2 aromatic heterocycles. The molecule has 0 fully saturated rings. The lowest BCUT2D eigenvalue weighted by molar-refractivity contribution is 0.0337. The van der Waals surface area contributed by atoms with Crippen molar-refractivity contribution in [3.63, 3.8) is 0 Å². The number of pyridine rings is 1. The highest BCUT2D eigenvalue weighted by atomic mass is 19.1. The van der Waals surface area contributed by atoms with Crippen molar-refractivity contribution in [2.45, 2.75) is 26.0 Å². The lowest BCUT2D eigenvalue weighted by atomic mass is 9.86. The number of carbonyl (C=O) groups is 1. The molecule has 0 saturated heterocycles. The number of carbonyl (C=O) groups excluding carboxylic acids is 1. The highest BCUT2D eigenvalue weighted by molar-refractivity contribution is 6.06. The van der Waals surface area contributed by atoms with Crippen molar-refractivity contribution in [3.05, 3.63) is 111 Å². The van der Waals surface area contributed by atoms with Gasteiger partial charge in [0.15, 0.2) is 6.73 Å². The number of hydrogen-bond donors (Lipinski definition) is 0. The van der Waals surface area contributed by atoms with E-state index in [-0.39, 0.29) is 18.1 Å². The molecular weight excluding hydrogens is 471 g/mol. The van der Waals surface area contributed by atoms with Gasteiger partial charge >= 0.3 is 5.97 Å². The van der Waals surface area contributed by atoms with E-state index in [4.69, 9.17) is 9.72 Å². The summed E-state index contributed by atoms with van der Waals surface area (Å²) in [7, 11) is 0. The van der Waals surface area contributed by atoms with Gasteiger partial charge in [0.2, 0.25) is 0 Å². The van der Waals surface area contributed by atoms with Gasteiger partial charge in [0, 0.05) is 5.39 Å². The fourth-order valence-electron chi connectivity index (χ4n) is 4.77. The SMILES string of the molecule is O=C(OCn1nnc2ccccc2c1=O)c1c2c(nc3ccccc13)C(=Cc1ccc(F)cc1)CCC2. The first-order valence-electron chi connectivity index (χ1n) is 12.0. The van der Waals surface area contributed by atoms with Crippen LogP contribution in [0.4, 0.5) is 4.39 Å². The van der Waals surface area contributed by atoms with Gasteiger partial charge in [-0.3, -0.25) is 4.79 Å². The predicted octanol–water partition coefficient (Wildman–Crippen LogP) is 5.17. The second kappa shape index (κ2) is 9.39. The van der Waals surface area contributed by atoms with E-state index in [2.05, 4.69) is 10.3 Å². The van der Waals surface area contributed by atoms with Gasteiger partial charge in [-0.1, -0.05) is 47.7 Å². The van der Waals surface area contributed by atoms with Crippen LogP contribution >= 0.6 is 0 Å². The third kappa shape index (κ3) is 4.27. The summed E-state index contributed by atoms with van der Waals surface area (Å²) in [6.45, 7) is -0.362. The number of ether oxygens (including phenoxy) is 1. The summed E-state index contributed by atoms with van der Waals surface area (Å²) in [5.74, 6) is -0.852. The second-order valence-corrected chi connectivity index (χ2v) is 8.88. The molecule has 0 spiro atoms. The number of rotatable bonds is 4. The molecule has 3 aromatic carbocycles. The topological polar surface area (TPSA) is 87.0 Å². The van der Waals surface area contributed by atoms with Gasteiger partial charge in [-0.2, -0.15) is 4.68 Å². The molecule has 8 heteroatoms. The summed E-state index contributed by atoms with van der Waals surface area (Å²) >= 11 is 0. The monoisotopic (exact) mass is 492 g/mol.